The summed E-state index contributed by atoms with van der Waals surface area (Å²) < 4.78 is 36.6. The van der Waals surface area contributed by atoms with Crippen molar-refractivity contribution in [3.63, 3.8) is 0 Å². The van der Waals surface area contributed by atoms with E-state index in [1.165, 1.54) is 19.2 Å². The molecule has 0 fully saturated rings. The van der Waals surface area contributed by atoms with Crippen LogP contribution in [-0.4, -0.2) is 69.1 Å². The van der Waals surface area contributed by atoms with Crippen molar-refractivity contribution < 1.29 is 52.3 Å². The molecule has 0 aliphatic heterocycles. The van der Waals surface area contributed by atoms with Gasteiger partial charge in [-0.05, 0) is 63.6 Å². The van der Waals surface area contributed by atoms with Gasteiger partial charge in [-0.25, -0.2) is 14.4 Å². The normalized spacial score (nSPS) is 14.3. The lowest BCUT2D eigenvalue weighted by Crippen LogP contribution is -2.43. The van der Waals surface area contributed by atoms with E-state index >= 15 is 0 Å². The summed E-state index contributed by atoms with van der Waals surface area (Å²) in [5.74, 6) is -0.489. The number of nitrogens with one attached hydrogen (secondary N) is 1. The Bertz CT molecular complexity index is 1020. The number of rotatable bonds is 18. The fraction of sp³-hybridized carbons (Fsp3) is 0.677. The SMILES string of the molecule is CCCC(C)OC(=O)Oc1ccc(C[C@H](NCC(C)OC(=O)OCC(C)CC)C(=O)OC)cc1OC(=O)OC(C)CCC. The van der Waals surface area contributed by atoms with E-state index in [1.807, 2.05) is 27.7 Å². The van der Waals surface area contributed by atoms with E-state index < -0.39 is 36.6 Å². The van der Waals surface area contributed by atoms with Crippen LogP contribution in [0.1, 0.15) is 86.1 Å². The molecule has 0 aliphatic rings. The highest BCUT2D eigenvalue weighted by Crippen LogP contribution is 2.30. The van der Waals surface area contributed by atoms with Crippen LogP contribution in [0.4, 0.5) is 14.4 Å². The molecular weight excluding hydrogens is 562 g/mol. The Balaban J connectivity index is 3.04. The Hall–Kier alpha value is -3.54. The Labute approximate surface area is 255 Å². The maximum absolute atomic E-state index is 12.6. The number of hydrogen-bond acceptors (Lipinski definition) is 12. The molecule has 43 heavy (non-hydrogen) atoms. The number of carbonyl (C=O) groups excluding carboxylic acids is 4. The third kappa shape index (κ3) is 15.5. The lowest BCUT2D eigenvalue weighted by atomic mass is 10.0. The third-order valence-electron chi connectivity index (χ3n) is 6.44. The van der Waals surface area contributed by atoms with Crippen molar-refractivity contribution >= 4 is 24.4 Å². The van der Waals surface area contributed by atoms with Crippen LogP contribution in [0, 0.1) is 5.92 Å². The second kappa shape index (κ2) is 20.4. The minimum atomic E-state index is -0.968. The number of benzene rings is 1. The molecule has 1 N–H and O–H groups in total. The number of carbonyl (C=O) groups is 4. The number of hydrogen-bond donors (Lipinski definition) is 1. The van der Waals surface area contributed by atoms with Gasteiger partial charge in [0.2, 0.25) is 0 Å². The van der Waals surface area contributed by atoms with Gasteiger partial charge in [-0.15, -0.1) is 0 Å². The van der Waals surface area contributed by atoms with Crippen molar-refractivity contribution in [3.8, 4) is 11.5 Å². The number of esters is 1. The highest BCUT2D eigenvalue weighted by molar-refractivity contribution is 5.76. The minimum Gasteiger partial charge on any atom is -0.468 e. The van der Waals surface area contributed by atoms with Crippen LogP contribution in [0.25, 0.3) is 0 Å². The van der Waals surface area contributed by atoms with Crippen molar-refractivity contribution in [2.45, 2.75) is 111 Å². The molecule has 12 heteroatoms. The van der Waals surface area contributed by atoms with Gasteiger partial charge in [0, 0.05) is 6.54 Å². The van der Waals surface area contributed by atoms with E-state index in [4.69, 9.17) is 33.2 Å². The van der Waals surface area contributed by atoms with E-state index in [0.29, 0.717) is 18.4 Å². The van der Waals surface area contributed by atoms with E-state index in [2.05, 4.69) is 5.32 Å². The Morgan fingerprint density at radius 2 is 1.33 bits per heavy atom. The van der Waals surface area contributed by atoms with Gasteiger partial charge in [-0.2, -0.15) is 0 Å². The molecule has 5 atom stereocenters. The first kappa shape index (κ1) is 37.5. The molecule has 1 aromatic rings. The van der Waals surface area contributed by atoms with E-state index in [9.17, 15) is 19.2 Å². The monoisotopic (exact) mass is 611 g/mol. The van der Waals surface area contributed by atoms with Crippen molar-refractivity contribution in [1.29, 1.82) is 0 Å². The zero-order valence-corrected chi connectivity index (χ0v) is 26.8. The molecule has 0 aromatic heterocycles. The Morgan fingerprint density at radius 1 is 0.767 bits per heavy atom. The predicted molar refractivity (Wildman–Crippen MR) is 158 cm³/mol. The zero-order chi connectivity index (χ0) is 32.4. The van der Waals surface area contributed by atoms with Gasteiger partial charge in [0.05, 0.1) is 13.7 Å². The molecule has 0 aliphatic carbocycles. The molecule has 0 spiro atoms. The van der Waals surface area contributed by atoms with Crippen molar-refractivity contribution in [2.24, 2.45) is 5.92 Å². The fourth-order valence-corrected chi connectivity index (χ4v) is 3.82. The van der Waals surface area contributed by atoms with Gasteiger partial charge in [0.1, 0.15) is 24.4 Å². The van der Waals surface area contributed by atoms with Crippen LogP contribution in [0.15, 0.2) is 18.2 Å². The molecule has 1 rings (SSSR count). The summed E-state index contributed by atoms with van der Waals surface area (Å²) in [6.45, 7) is 13.4. The second-order valence-corrected chi connectivity index (χ2v) is 10.6. The van der Waals surface area contributed by atoms with Crippen LogP contribution >= 0.6 is 0 Å². The Kier molecular flexibility index (Phi) is 17.8. The molecule has 0 saturated heterocycles. The van der Waals surface area contributed by atoms with Crippen LogP contribution in [-0.2, 0) is 34.9 Å². The number of methoxy groups -OCH3 is 1. The molecule has 244 valence electrons. The van der Waals surface area contributed by atoms with Crippen molar-refractivity contribution in [2.75, 3.05) is 20.3 Å². The lowest BCUT2D eigenvalue weighted by Gasteiger charge is -2.20. The highest BCUT2D eigenvalue weighted by Gasteiger charge is 2.24. The van der Waals surface area contributed by atoms with Gasteiger partial charge in [0.25, 0.3) is 0 Å². The summed E-state index contributed by atoms with van der Waals surface area (Å²) in [6.07, 6.45) is -0.144. The maximum Gasteiger partial charge on any atom is 0.514 e. The number of ether oxygens (including phenoxy) is 7. The van der Waals surface area contributed by atoms with E-state index in [1.54, 1.807) is 26.8 Å². The van der Waals surface area contributed by atoms with Gasteiger partial charge in [0.15, 0.2) is 11.5 Å². The molecule has 0 saturated carbocycles. The smallest absolute Gasteiger partial charge is 0.468 e. The lowest BCUT2D eigenvalue weighted by molar-refractivity contribution is -0.143. The summed E-state index contributed by atoms with van der Waals surface area (Å²) in [7, 11) is 1.26. The molecule has 0 bridgehead atoms. The van der Waals surface area contributed by atoms with Gasteiger partial charge >= 0.3 is 24.4 Å². The molecule has 1 aromatic carbocycles. The van der Waals surface area contributed by atoms with E-state index in [-0.39, 0.29) is 49.2 Å². The molecule has 0 amide bonds. The van der Waals surface area contributed by atoms with E-state index in [0.717, 1.165) is 19.3 Å². The first-order chi connectivity index (χ1) is 20.4. The van der Waals surface area contributed by atoms with Crippen LogP contribution in [0.5, 0.6) is 11.5 Å². The largest absolute Gasteiger partial charge is 0.514 e. The first-order valence-corrected chi connectivity index (χ1v) is 15.0. The van der Waals surface area contributed by atoms with Crippen LogP contribution in [0.3, 0.4) is 0 Å². The van der Waals surface area contributed by atoms with Crippen LogP contribution in [0.2, 0.25) is 0 Å². The molecule has 0 heterocycles. The zero-order valence-electron chi connectivity index (χ0n) is 26.8. The van der Waals surface area contributed by atoms with Crippen LogP contribution < -0.4 is 14.8 Å². The standard InChI is InChI=1S/C31H49NO11/c1-9-12-21(5)39-30(35)42-26-15-14-24(17-27(26)43-31(36)40-22(6)13-10-2)16-25(28(33)37-8)32-18-23(7)41-29(34)38-19-20(4)11-3/h14-15,17,20-23,25,32H,9-13,16,18-19H2,1-8H3/t20?,21?,22?,23?,25-/m0/s1. The Morgan fingerprint density at radius 3 is 1.86 bits per heavy atom. The minimum absolute atomic E-state index is 0.0574. The summed E-state index contributed by atoms with van der Waals surface area (Å²) in [5.41, 5.74) is 0.550. The molecule has 4 unspecified atom stereocenters. The molecule has 0 radical (unpaired) electrons. The van der Waals surface area contributed by atoms with Gasteiger partial charge in [-0.3, -0.25) is 4.79 Å². The highest BCUT2D eigenvalue weighted by atomic mass is 16.8. The summed E-state index contributed by atoms with van der Waals surface area (Å²) in [6, 6.07) is 3.67. The summed E-state index contributed by atoms with van der Waals surface area (Å²) >= 11 is 0. The third-order valence-corrected chi connectivity index (χ3v) is 6.44. The average Bonchev–Trinajstić information content (AvgIpc) is 2.94. The summed E-state index contributed by atoms with van der Waals surface area (Å²) in [4.78, 5) is 49.4. The molecule has 12 nitrogen and oxygen atoms in total. The quantitative estimate of drug-likeness (QED) is 0.112. The topological polar surface area (TPSA) is 145 Å². The van der Waals surface area contributed by atoms with Crippen molar-refractivity contribution in [1.82, 2.24) is 5.32 Å². The van der Waals surface area contributed by atoms with Gasteiger partial charge in [-0.1, -0.05) is 53.0 Å². The second-order valence-electron chi connectivity index (χ2n) is 10.6. The maximum atomic E-state index is 12.6. The average molecular weight is 612 g/mol. The summed E-state index contributed by atoms with van der Waals surface area (Å²) in [5, 5.41) is 3.04. The molecular formula is C31H49NO11. The predicted octanol–water partition coefficient (Wildman–Crippen LogP) is 6.36. The fourth-order valence-electron chi connectivity index (χ4n) is 3.82. The van der Waals surface area contributed by atoms with Crippen molar-refractivity contribution in [3.05, 3.63) is 23.8 Å². The first-order valence-electron chi connectivity index (χ1n) is 15.0. The van der Waals surface area contributed by atoms with Gasteiger partial charge < -0.3 is 38.5 Å².